The van der Waals surface area contributed by atoms with Crippen LogP contribution in [-0.4, -0.2) is 39.2 Å². The third-order valence-electron chi connectivity index (χ3n) is 2.53. The largest absolute Gasteiger partial charge is 0.389 e. The number of nitrogens with one attached hydrogen (secondary N) is 1. The first kappa shape index (κ1) is 17.7. The maximum atomic E-state index is 12.1. The Balaban J connectivity index is 4.06. The molecule has 0 aromatic carbocycles. The van der Waals surface area contributed by atoms with Gasteiger partial charge in [0.25, 0.3) is 0 Å². The molecular formula is C11H22F3NO2S. The number of hydrogen-bond donors (Lipinski definition) is 1. The first-order valence-corrected chi connectivity index (χ1v) is 8.18. The molecule has 0 aliphatic rings. The Bertz CT molecular complexity index is 315. The molecule has 0 aromatic rings. The highest BCUT2D eigenvalue weighted by atomic mass is 32.2. The summed E-state index contributed by atoms with van der Waals surface area (Å²) in [5.74, 6) is 0.0311. The molecule has 0 spiro atoms. The van der Waals surface area contributed by atoms with Crippen LogP contribution in [0.5, 0.6) is 0 Å². The zero-order valence-corrected chi connectivity index (χ0v) is 11.7. The highest BCUT2D eigenvalue weighted by Crippen LogP contribution is 2.23. The van der Waals surface area contributed by atoms with Crippen molar-refractivity contribution in [2.75, 3.05) is 18.6 Å². The average Bonchev–Trinajstić information content (AvgIpc) is 2.18. The van der Waals surface area contributed by atoms with Crippen molar-refractivity contribution in [2.24, 2.45) is 0 Å². The van der Waals surface area contributed by atoms with Crippen molar-refractivity contribution in [1.82, 2.24) is 5.32 Å². The van der Waals surface area contributed by atoms with Crippen molar-refractivity contribution >= 4 is 9.84 Å². The van der Waals surface area contributed by atoms with E-state index in [1.807, 2.05) is 6.92 Å². The first-order chi connectivity index (χ1) is 8.14. The third kappa shape index (κ3) is 12.2. The van der Waals surface area contributed by atoms with Crippen molar-refractivity contribution in [2.45, 2.75) is 51.2 Å². The van der Waals surface area contributed by atoms with Crippen LogP contribution >= 0.6 is 0 Å². The van der Waals surface area contributed by atoms with Crippen molar-refractivity contribution in [3.8, 4) is 0 Å². The standard InChI is InChI=1S/C11H22F3NO2S/c1-3-8-15-10(6-7-11(12,13)14)5-4-9-18(2,16)17/h10,15H,3-9H2,1-2H3. The molecule has 0 saturated heterocycles. The van der Waals surface area contributed by atoms with E-state index in [2.05, 4.69) is 5.32 Å². The Hall–Kier alpha value is -0.300. The van der Waals surface area contributed by atoms with Gasteiger partial charge in [0, 0.05) is 24.5 Å². The van der Waals surface area contributed by atoms with Gasteiger partial charge >= 0.3 is 6.18 Å². The number of halogens is 3. The number of sulfone groups is 1. The second-order valence-corrected chi connectivity index (χ2v) is 6.84. The molecule has 1 atom stereocenters. The molecule has 0 aromatic heterocycles. The van der Waals surface area contributed by atoms with E-state index in [1.54, 1.807) is 0 Å². The van der Waals surface area contributed by atoms with Crippen LogP contribution in [0.3, 0.4) is 0 Å². The Kier molecular flexibility index (Phi) is 7.86. The Labute approximate surface area is 107 Å². The molecule has 0 heterocycles. The minimum atomic E-state index is -4.15. The summed E-state index contributed by atoms with van der Waals surface area (Å²) in [5, 5.41) is 3.03. The van der Waals surface area contributed by atoms with Gasteiger partial charge in [0.15, 0.2) is 0 Å². The summed E-state index contributed by atoms with van der Waals surface area (Å²) in [7, 11) is -3.03. The second-order valence-electron chi connectivity index (χ2n) is 4.58. The zero-order valence-electron chi connectivity index (χ0n) is 10.9. The molecule has 0 radical (unpaired) electrons. The van der Waals surface area contributed by atoms with Crippen LogP contribution in [0.1, 0.15) is 39.0 Å². The van der Waals surface area contributed by atoms with E-state index < -0.39 is 22.4 Å². The molecule has 0 rings (SSSR count). The number of hydrogen-bond acceptors (Lipinski definition) is 3. The second kappa shape index (κ2) is 7.99. The SMILES string of the molecule is CCCNC(CCCS(C)(=O)=O)CCC(F)(F)F. The molecule has 110 valence electrons. The van der Waals surface area contributed by atoms with Gasteiger partial charge in [-0.15, -0.1) is 0 Å². The van der Waals surface area contributed by atoms with Crippen molar-refractivity contribution in [3.05, 3.63) is 0 Å². The maximum absolute atomic E-state index is 12.1. The summed E-state index contributed by atoms with van der Waals surface area (Å²) < 4.78 is 58.3. The molecule has 1 N–H and O–H groups in total. The van der Waals surface area contributed by atoms with E-state index in [9.17, 15) is 21.6 Å². The van der Waals surface area contributed by atoms with Crippen LogP contribution in [0.2, 0.25) is 0 Å². The Morgan fingerprint density at radius 2 is 1.83 bits per heavy atom. The molecule has 0 fully saturated rings. The fraction of sp³-hybridized carbons (Fsp3) is 1.00. The van der Waals surface area contributed by atoms with E-state index in [0.717, 1.165) is 12.7 Å². The molecule has 0 bridgehead atoms. The zero-order chi connectivity index (χ0) is 14.2. The molecule has 7 heteroatoms. The maximum Gasteiger partial charge on any atom is 0.389 e. The molecule has 1 unspecified atom stereocenters. The first-order valence-electron chi connectivity index (χ1n) is 6.12. The summed E-state index contributed by atoms with van der Waals surface area (Å²) in [6.07, 6.45) is -2.13. The summed E-state index contributed by atoms with van der Waals surface area (Å²) in [6.45, 7) is 2.59. The summed E-state index contributed by atoms with van der Waals surface area (Å²) in [4.78, 5) is 0. The van der Waals surface area contributed by atoms with Gasteiger partial charge in [-0.1, -0.05) is 6.92 Å². The van der Waals surface area contributed by atoms with E-state index in [4.69, 9.17) is 0 Å². The van der Waals surface area contributed by atoms with E-state index >= 15 is 0 Å². The van der Waals surface area contributed by atoms with Gasteiger partial charge in [-0.3, -0.25) is 0 Å². The highest BCUT2D eigenvalue weighted by Gasteiger charge is 2.28. The fourth-order valence-corrected chi connectivity index (χ4v) is 2.32. The lowest BCUT2D eigenvalue weighted by atomic mass is 10.1. The van der Waals surface area contributed by atoms with Crippen LogP contribution in [-0.2, 0) is 9.84 Å². The van der Waals surface area contributed by atoms with Gasteiger partial charge in [-0.05, 0) is 32.2 Å². The van der Waals surface area contributed by atoms with Gasteiger partial charge in [-0.2, -0.15) is 13.2 Å². The molecule has 3 nitrogen and oxygen atoms in total. The van der Waals surface area contributed by atoms with Crippen molar-refractivity contribution in [1.29, 1.82) is 0 Å². The topological polar surface area (TPSA) is 46.2 Å². The molecule has 0 amide bonds. The molecule has 0 aliphatic heterocycles. The summed E-state index contributed by atoms with van der Waals surface area (Å²) >= 11 is 0. The minimum absolute atomic E-state index is 0.00720. The lowest BCUT2D eigenvalue weighted by Gasteiger charge is -2.19. The van der Waals surface area contributed by atoms with E-state index in [-0.39, 0.29) is 18.2 Å². The predicted octanol–water partition coefficient (Wildman–Crippen LogP) is 2.52. The van der Waals surface area contributed by atoms with Crippen molar-refractivity contribution in [3.63, 3.8) is 0 Å². The van der Waals surface area contributed by atoms with Crippen LogP contribution < -0.4 is 5.32 Å². The molecule has 18 heavy (non-hydrogen) atoms. The van der Waals surface area contributed by atoms with Crippen LogP contribution in [0.15, 0.2) is 0 Å². The third-order valence-corrected chi connectivity index (χ3v) is 3.56. The Morgan fingerprint density at radius 3 is 2.28 bits per heavy atom. The predicted molar refractivity (Wildman–Crippen MR) is 66.3 cm³/mol. The molecule has 0 saturated carbocycles. The fourth-order valence-electron chi connectivity index (χ4n) is 1.63. The van der Waals surface area contributed by atoms with E-state index in [1.165, 1.54) is 0 Å². The summed E-state index contributed by atoms with van der Waals surface area (Å²) in [6, 6.07) is -0.256. The van der Waals surface area contributed by atoms with Gasteiger partial charge in [0.2, 0.25) is 0 Å². The smallest absolute Gasteiger partial charge is 0.314 e. The van der Waals surface area contributed by atoms with Gasteiger partial charge < -0.3 is 5.32 Å². The summed E-state index contributed by atoms with van der Waals surface area (Å²) in [5.41, 5.74) is 0. The number of alkyl halides is 3. The minimum Gasteiger partial charge on any atom is -0.314 e. The van der Waals surface area contributed by atoms with Crippen LogP contribution in [0, 0.1) is 0 Å². The molecular weight excluding hydrogens is 267 g/mol. The van der Waals surface area contributed by atoms with E-state index in [0.29, 0.717) is 19.4 Å². The Morgan fingerprint density at radius 1 is 1.22 bits per heavy atom. The van der Waals surface area contributed by atoms with Crippen molar-refractivity contribution < 1.29 is 21.6 Å². The quantitative estimate of drug-likeness (QED) is 0.709. The van der Waals surface area contributed by atoms with Crippen LogP contribution in [0.4, 0.5) is 13.2 Å². The van der Waals surface area contributed by atoms with Gasteiger partial charge in [0.1, 0.15) is 9.84 Å². The lowest BCUT2D eigenvalue weighted by molar-refractivity contribution is -0.136. The normalized spacial score (nSPS) is 14.7. The van der Waals surface area contributed by atoms with Gasteiger partial charge in [-0.25, -0.2) is 8.42 Å². The number of rotatable bonds is 9. The molecule has 0 aliphatic carbocycles. The average molecular weight is 289 g/mol. The van der Waals surface area contributed by atoms with Crippen LogP contribution in [0.25, 0.3) is 0 Å². The van der Waals surface area contributed by atoms with Gasteiger partial charge in [0.05, 0.1) is 0 Å². The lowest BCUT2D eigenvalue weighted by Crippen LogP contribution is -2.31. The monoisotopic (exact) mass is 289 g/mol. The highest BCUT2D eigenvalue weighted by molar-refractivity contribution is 7.90.